The number of ether oxygens (including phenoxy) is 3. The van der Waals surface area contributed by atoms with Gasteiger partial charge in [0.15, 0.2) is 6.61 Å². The first-order valence-electron chi connectivity index (χ1n) is 5.08. The molecule has 13 heteroatoms. The Kier molecular flexibility index (Phi) is 4.61. The molecule has 0 aromatic rings. The number of alkyl halides is 8. The van der Waals surface area contributed by atoms with Crippen LogP contribution in [-0.2, 0) is 14.2 Å². The lowest BCUT2D eigenvalue weighted by Crippen LogP contribution is -2.60. The molecule has 0 aliphatic carbocycles. The van der Waals surface area contributed by atoms with Gasteiger partial charge in [-0.1, -0.05) is 0 Å². The summed E-state index contributed by atoms with van der Waals surface area (Å²) < 4.78 is 123. The van der Waals surface area contributed by atoms with E-state index in [1.165, 1.54) is 0 Å². The van der Waals surface area contributed by atoms with Crippen molar-refractivity contribution in [3.63, 3.8) is 0 Å². The summed E-state index contributed by atoms with van der Waals surface area (Å²) in [6.07, 6.45) is -14.5. The first-order chi connectivity index (χ1) is 9.70. The number of allylic oxidation sites excluding steroid dienone is 1. The highest BCUT2D eigenvalue weighted by atomic mass is 19.4. The van der Waals surface area contributed by atoms with Gasteiger partial charge in [-0.3, -0.25) is 0 Å². The summed E-state index contributed by atoms with van der Waals surface area (Å²) in [5, 5.41) is 0. The van der Waals surface area contributed by atoms with Crippen LogP contribution in [0.5, 0.6) is 0 Å². The minimum atomic E-state index is -6.30. The molecule has 0 saturated carbocycles. The Balaban J connectivity index is 3.01. The van der Waals surface area contributed by atoms with Crippen molar-refractivity contribution >= 4 is 6.16 Å². The maximum absolute atomic E-state index is 13.3. The maximum atomic E-state index is 13.3. The number of halogens is 9. The minimum Gasteiger partial charge on any atom is -0.427 e. The van der Waals surface area contributed by atoms with Crippen molar-refractivity contribution in [3.05, 3.63) is 11.9 Å². The quantitative estimate of drug-likeness (QED) is 0.576. The van der Waals surface area contributed by atoms with Crippen molar-refractivity contribution in [2.75, 3.05) is 13.2 Å². The first-order valence-corrected chi connectivity index (χ1v) is 5.08. The molecule has 0 spiro atoms. The van der Waals surface area contributed by atoms with Crippen LogP contribution in [0.25, 0.3) is 0 Å². The fourth-order valence-corrected chi connectivity index (χ4v) is 1.28. The van der Waals surface area contributed by atoms with Crippen LogP contribution in [0.2, 0.25) is 0 Å². The lowest BCUT2D eigenvalue weighted by atomic mass is 10.1. The van der Waals surface area contributed by atoms with Crippen molar-refractivity contribution in [2.45, 2.75) is 24.1 Å². The smallest absolute Gasteiger partial charge is 0.427 e. The molecule has 1 aliphatic rings. The van der Waals surface area contributed by atoms with Crippen molar-refractivity contribution in [1.82, 2.24) is 0 Å². The highest BCUT2D eigenvalue weighted by Crippen LogP contribution is 2.48. The standard InChI is InChI=1S/C9H5F9O4/c10-4(1-7(11,12)13)2-21-6(3-20-5(19)22-6)8(14,15)9(16,17)18/h1H,2-3H2. The van der Waals surface area contributed by atoms with Crippen LogP contribution < -0.4 is 0 Å². The largest absolute Gasteiger partial charge is 0.511 e. The Morgan fingerprint density at radius 3 is 2.09 bits per heavy atom. The third-order valence-corrected chi connectivity index (χ3v) is 2.23. The molecule has 22 heavy (non-hydrogen) atoms. The van der Waals surface area contributed by atoms with Crippen LogP contribution in [0.1, 0.15) is 0 Å². The maximum Gasteiger partial charge on any atom is 0.511 e. The normalized spacial score (nSPS) is 24.2. The molecule has 1 unspecified atom stereocenters. The number of carbonyl (C=O) groups is 1. The molecule has 1 heterocycles. The van der Waals surface area contributed by atoms with Gasteiger partial charge in [0.2, 0.25) is 0 Å². The number of rotatable bonds is 4. The number of cyclic esters (lactones) is 2. The van der Waals surface area contributed by atoms with E-state index in [1.807, 2.05) is 0 Å². The Labute approximate surface area is 115 Å². The van der Waals surface area contributed by atoms with E-state index in [0.717, 1.165) is 0 Å². The molecule has 1 rings (SSSR count). The van der Waals surface area contributed by atoms with Crippen LogP contribution >= 0.6 is 0 Å². The van der Waals surface area contributed by atoms with Crippen molar-refractivity contribution < 1.29 is 58.5 Å². The van der Waals surface area contributed by atoms with E-state index in [9.17, 15) is 44.3 Å². The van der Waals surface area contributed by atoms with Gasteiger partial charge in [-0.15, -0.1) is 0 Å². The number of hydrogen-bond acceptors (Lipinski definition) is 4. The van der Waals surface area contributed by atoms with Gasteiger partial charge in [-0.2, -0.15) is 35.1 Å². The lowest BCUT2D eigenvalue weighted by Gasteiger charge is -2.33. The Bertz CT molecular complexity index is 467. The van der Waals surface area contributed by atoms with Gasteiger partial charge in [0.1, 0.15) is 12.4 Å². The molecule has 0 bridgehead atoms. The van der Waals surface area contributed by atoms with E-state index in [-0.39, 0.29) is 0 Å². The third kappa shape index (κ3) is 3.75. The van der Waals surface area contributed by atoms with Crippen LogP contribution in [-0.4, -0.2) is 43.4 Å². The molecule has 1 aliphatic heterocycles. The van der Waals surface area contributed by atoms with E-state index < -0.39 is 55.3 Å². The molecular formula is C9H5F9O4. The first kappa shape index (κ1) is 18.4. The predicted octanol–water partition coefficient (Wildman–Crippen LogP) is 3.48. The Morgan fingerprint density at radius 2 is 1.73 bits per heavy atom. The molecule has 1 fully saturated rings. The average molecular weight is 348 g/mol. The summed E-state index contributed by atoms with van der Waals surface area (Å²) in [6, 6.07) is 0. The molecule has 1 saturated heterocycles. The van der Waals surface area contributed by atoms with Gasteiger partial charge < -0.3 is 14.2 Å². The van der Waals surface area contributed by atoms with Crippen molar-refractivity contribution in [3.8, 4) is 0 Å². The molecule has 1 atom stereocenters. The topological polar surface area (TPSA) is 44.8 Å². The van der Waals surface area contributed by atoms with Gasteiger partial charge in [-0.25, -0.2) is 9.18 Å². The molecular weight excluding hydrogens is 343 g/mol. The fraction of sp³-hybridized carbons (Fsp3) is 0.667. The van der Waals surface area contributed by atoms with Gasteiger partial charge in [0.05, 0.1) is 6.08 Å². The molecule has 128 valence electrons. The van der Waals surface area contributed by atoms with Crippen LogP contribution in [0.4, 0.5) is 44.3 Å². The van der Waals surface area contributed by atoms with Gasteiger partial charge in [0.25, 0.3) is 0 Å². The molecule has 0 N–H and O–H groups in total. The monoisotopic (exact) mass is 348 g/mol. The summed E-state index contributed by atoms with van der Waals surface area (Å²) in [4.78, 5) is 10.6. The molecule has 0 aromatic heterocycles. The lowest BCUT2D eigenvalue weighted by molar-refractivity contribution is -0.392. The summed E-state index contributed by atoms with van der Waals surface area (Å²) in [5.41, 5.74) is 0. The summed E-state index contributed by atoms with van der Waals surface area (Å²) >= 11 is 0. The van der Waals surface area contributed by atoms with Crippen molar-refractivity contribution in [2.24, 2.45) is 0 Å². The van der Waals surface area contributed by atoms with Crippen molar-refractivity contribution in [1.29, 1.82) is 0 Å². The molecule has 0 aromatic carbocycles. The second kappa shape index (κ2) is 5.52. The highest BCUT2D eigenvalue weighted by molar-refractivity contribution is 5.62. The molecule has 0 amide bonds. The second-order valence-electron chi connectivity index (χ2n) is 3.89. The number of hydrogen-bond donors (Lipinski definition) is 0. The van der Waals surface area contributed by atoms with Crippen LogP contribution in [0.15, 0.2) is 11.9 Å². The van der Waals surface area contributed by atoms with E-state index in [1.54, 1.807) is 0 Å². The minimum absolute atomic E-state index is 1.02. The SMILES string of the molecule is O=C1OCC(OCC(F)=CC(F)(F)F)(C(F)(F)C(F)(F)F)O1. The van der Waals surface area contributed by atoms with Gasteiger partial charge >= 0.3 is 30.2 Å². The molecule has 0 radical (unpaired) electrons. The predicted molar refractivity (Wildman–Crippen MR) is 47.4 cm³/mol. The van der Waals surface area contributed by atoms with E-state index in [4.69, 9.17) is 0 Å². The summed E-state index contributed by atoms with van der Waals surface area (Å²) in [5.74, 6) is -12.2. The van der Waals surface area contributed by atoms with Gasteiger partial charge in [0, 0.05) is 0 Å². The van der Waals surface area contributed by atoms with E-state index in [0.29, 0.717) is 0 Å². The number of carbonyl (C=O) groups excluding carboxylic acids is 1. The zero-order valence-electron chi connectivity index (χ0n) is 10.0. The molecule has 4 nitrogen and oxygen atoms in total. The van der Waals surface area contributed by atoms with E-state index in [2.05, 4.69) is 14.2 Å². The van der Waals surface area contributed by atoms with Crippen LogP contribution in [0, 0.1) is 0 Å². The Hall–Kier alpha value is -1.66. The Morgan fingerprint density at radius 1 is 1.18 bits per heavy atom. The van der Waals surface area contributed by atoms with E-state index >= 15 is 0 Å². The third-order valence-electron chi connectivity index (χ3n) is 2.23. The average Bonchev–Trinajstić information content (AvgIpc) is 2.66. The zero-order valence-corrected chi connectivity index (χ0v) is 10.0. The fourth-order valence-electron chi connectivity index (χ4n) is 1.28. The second-order valence-corrected chi connectivity index (χ2v) is 3.89. The summed E-state index contributed by atoms with van der Waals surface area (Å²) in [6.45, 7) is -3.75. The highest BCUT2D eigenvalue weighted by Gasteiger charge is 2.76. The van der Waals surface area contributed by atoms with Crippen LogP contribution in [0.3, 0.4) is 0 Å². The zero-order chi connectivity index (χ0) is 17.4. The summed E-state index contributed by atoms with van der Waals surface area (Å²) in [7, 11) is 0. The van der Waals surface area contributed by atoms with Gasteiger partial charge in [-0.05, 0) is 0 Å².